The van der Waals surface area contributed by atoms with Crippen LogP contribution in [0.3, 0.4) is 0 Å². The topological polar surface area (TPSA) is 67.4 Å². The monoisotopic (exact) mass is 418 g/mol. The van der Waals surface area contributed by atoms with Crippen LogP contribution in [0, 0.1) is 5.92 Å². The van der Waals surface area contributed by atoms with E-state index in [1.54, 1.807) is 0 Å². The molecule has 1 aliphatic rings. The summed E-state index contributed by atoms with van der Waals surface area (Å²) in [6.45, 7) is 8.31. The van der Waals surface area contributed by atoms with Crippen molar-refractivity contribution < 1.29 is 9.53 Å². The van der Waals surface area contributed by atoms with Crippen LogP contribution in [0.2, 0.25) is 0 Å². The maximum absolute atomic E-state index is 12.8. The number of piperidine rings is 1. The minimum Gasteiger partial charge on any atom is -0.475 e. The second-order valence-corrected chi connectivity index (χ2v) is 8.30. The number of anilines is 2. The highest BCUT2D eigenvalue weighted by molar-refractivity contribution is 5.92. The standard InChI is InChI=1S/C25H30N4O2/c1-4-31-25-23(27-21-7-5-6-8-22(21)28-25)29-15-13-19(14-16-29)24(30)26-20-11-9-18(10-12-20)17(2)3/h5-12,17,19H,4,13-16H2,1-3H3,(H,26,30). The number of hydrogen-bond donors (Lipinski definition) is 1. The zero-order chi connectivity index (χ0) is 21.8. The molecule has 2 aromatic carbocycles. The lowest BCUT2D eigenvalue weighted by Gasteiger charge is -2.32. The van der Waals surface area contributed by atoms with Gasteiger partial charge in [-0.15, -0.1) is 0 Å². The van der Waals surface area contributed by atoms with E-state index in [9.17, 15) is 4.79 Å². The van der Waals surface area contributed by atoms with Crippen molar-refractivity contribution in [3.8, 4) is 5.88 Å². The summed E-state index contributed by atoms with van der Waals surface area (Å²) in [6, 6.07) is 16.0. The Hall–Kier alpha value is -3.15. The fourth-order valence-electron chi connectivity index (χ4n) is 3.96. The number of carbonyl (C=O) groups excluding carboxylic acids is 1. The molecule has 1 aromatic heterocycles. The molecule has 2 heterocycles. The van der Waals surface area contributed by atoms with Crippen LogP contribution in [-0.2, 0) is 4.79 Å². The third-order valence-corrected chi connectivity index (χ3v) is 5.81. The van der Waals surface area contributed by atoms with Crippen molar-refractivity contribution in [2.45, 2.75) is 39.5 Å². The first kappa shape index (κ1) is 21.1. The lowest BCUT2D eigenvalue weighted by Crippen LogP contribution is -2.38. The molecular formula is C25H30N4O2. The zero-order valence-corrected chi connectivity index (χ0v) is 18.5. The van der Waals surface area contributed by atoms with Gasteiger partial charge in [0.1, 0.15) is 0 Å². The first-order chi connectivity index (χ1) is 15.0. The fourth-order valence-corrected chi connectivity index (χ4v) is 3.96. The van der Waals surface area contributed by atoms with E-state index in [1.807, 2.05) is 43.3 Å². The number of hydrogen-bond acceptors (Lipinski definition) is 5. The number of nitrogens with zero attached hydrogens (tertiary/aromatic N) is 3. The summed E-state index contributed by atoms with van der Waals surface area (Å²) in [5.41, 5.74) is 3.81. The van der Waals surface area contributed by atoms with Crippen LogP contribution in [-0.4, -0.2) is 35.6 Å². The Balaban J connectivity index is 1.42. The lowest BCUT2D eigenvalue weighted by molar-refractivity contribution is -0.120. The van der Waals surface area contributed by atoms with Gasteiger partial charge in [-0.1, -0.05) is 38.1 Å². The molecule has 0 atom stereocenters. The van der Waals surface area contributed by atoms with E-state index in [-0.39, 0.29) is 11.8 Å². The van der Waals surface area contributed by atoms with Crippen LogP contribution in [0.1, 0.15) is 45.1 Å². The van der Waals surface area contributed by atoms with E-state index < -0.39 is 0 Å². The second-order valence-electron chi connectivity index (χ2n) is 8.30. The smallest absolute Gasteiger partial charge is 0.258 e. The first-order valence-corrected chi connectivity index (χ1v) is 11.1. The highest BCUT2D eigenvalue weighted by Gasteiger charge is 2.28. The molecule has 3 aromatic rings. The summed E-state index contributed by atoms with van der Waals surface area (Å²) < 4.78 is 5.78. The largest absolute Gasteiger partial charge is 0.475 e. The van der Waals surface area contributed by atoms with Crippen molar-refractivity contribution in [3.05, 3.63) is 54.1 Å². The van der Waals surface area contributed by atoms with Gasteiger partial charge in [-0.2, -0.15) is 0 Å². The highest BCUT2D eigenvalue weighted by atomic mass is 16.5. The minimum absolute atomic E-state index is 0.00927. The van der Waals surface area contributed by atoms with Crippen molar-refractivity contribution in [1.82, 2.24) is 9.97 Å². The zero-order valence-electron chi connectivity index (χ0n) is 18.5. The fraction of sp³-hybridized carbons (Fsp3) is 0.400. The van der Waals surface area contributed by atoms with Gasteiger partial charge in [0.05, 0.1) is 17.6 Å². The quantitative estimate of drug-likeness (QED) is 0.610. The van der Waals surface area contributed by atoms with Crippen molar-refractivity contribution in [2.24, 2.45) is 5.92 Å². The molecule has 0 aliphatic carbocycles. The van der Waals surface area contributed by atoms with Crippen LogP contribution in [0.25, 0.3) is 11.0 Å². The maximum Gasteiger partial charge on any atom is 0.258 e. The number of rotatable bonds is 6. The second kappa shape index (κ2) is 9.33. The van der Waals surface area contributed by atoms with Gasteiger partial charge in [0.25, 0.3) is 5.88 Å². The molecule has 1 fully saturated rings. The summed E-state index contributed by atoms with van der Waals surface area (Å²) in [4.78, 5) is 24.5. The van der Waals surface area contributed by atoms with Crippen molar-refractivity contribution in [1.29, 1.82) is 0 Å². The Labute approximate surface area is 183 Å². The summed E-state index contributed by atoms with van der Waals surface area (Å²) in [5.74, 6) is 1.89. The Bertz CT molecular complexity index is 1040. The Kier molecular flexibility index (Phi) is 6.35. The van der Waals surface area contributed by atoms with Crippen LogP contribution in [0.5, 0.6) is 5.88 Å². The molecule has 1 N–H and O–H groups in total. The van der Waals surface area contributed by atoms with Crippen molar-refractivity contribution >= 4 is 28.4 Å². The number of benzene rings is 2. The number of para-hydroxylation sites is 2. The number of fused-ring (bicyclic) bond motifs is 1. The molecule has 31 heavy (non-hydrogen) atoms. The lowest BCUT2D eigenvalue weighted by atomic mass is 9.95. The molecule has 0 saturated carbocycles. The van der Waals surface area contributed by atoms with Crippen LogP contribution in [0.15, 0.2) is 48.5 Å². The predicted molar refractivity (Wildman–Crippen MR) is 125 cm³/mol. The van der Waals surface area contributed by atoms with Gasteiger partial charge >= 0.3 is 0 Å². The number of nitrogens with one attached hydrogen (secondary N) is 1. The Morgan fingerprint density at radius 1 is 1.06 bits per heavy atom. The molecule has 0 bridgehead atoms. The average Bonchev–Trinajstić information content (AvgIpc) is 2.79. The summed E-state index contributed by atoms with van der Waals surface area (Å²) in [6.07, 6.45) is 1.55. The molecule has 1 saturated heterocycles. The Morgan fingerprint density at radius 2 is 1.71 bits per heavy atom. The normalized spacial score (nSPS) is 14.8. The maximum atomic E-state index is 12.8. The van der Waals surface area contributed by atoms with Gasteiger partial charge in [-0.05, 0) is 55.5 Å². The summed E-state index contributed by atoms with van der Waals surface area (Å²) >= 11 is 0. The molecule has 0 radical (unpaired) electrons. The highest BCUT2D eigenvalue weighted by Crippen LogP contribution is 2.31. The van der Waals surface area contributed by atoms with Gasteiger partial charge in [-0.3, -0.25) is 4.79 Å². The third kappa shape index (κ3) is 4.79. The molecule has 1 amide bonds. The minimum atomic E-state index is -0.00927. The van der Waals surface area contributed by atoms with E-state index >= 15 is 0 Å². The van der Waals surface area contributed by atoms with Gasteiger partial charge in [0.15, 0.2) is 5.82 Å². The van der Waals surface area contributed by atoms with Crippen LogP contribution >= 0.6 is 0 Å². The number of amides is 1. The van der Waals surface area contributed by atoms with E-state index in [0.29, 0.717) is 18.4 Å². The molecule has 1 aliphatic heterocycles. The summed E-state index contributed by atoms with van der Waals surface area (Å²) in [7, 11) is 0. The molecule has 6 heteroatoms. The number of carbonyl (C=O) groups is 1. The molecule has 0 spiro atoms. The van der Waals surface area contributed by atoms with Crippen molar-refractivity contribution in [3.63, 3.8) is 0 Å². The molecule has 162 valence electrons. The molecule has 0 unspecified atom stereocenters. The molecule has 6 nitrogen and oxygen atoms in total. The first-order valence-electron chi connectivity index (χ1n) is 11.1. The summed E-state index contributed by atoms with van der Waals surface area (Å²) in [5, 5.41) is 3.08. The van der Waals surface area contributed by atoms with E-state index in [0.717, 1.165) is 48.5 Å². The van der Waals surface area contributed by atoms with E-state index in [1.165, 1.54) is 5.56 Å². The SMILES string of the molecule is CCOc1nc2ccccc2nc1N1CCC(C(=O)Nc2ccc(C(C)C)cc2)CC1. The average molecular weight is 419 g/mol. The predicted octanol–water partition coefficient (Wildman–Crippen LogP) is 5.01. The van der Waals surface area contributed by atoms with Crippen LogP contribution < -0.4 is 15.0 Å². The number of ether oxygens (including phenoxy) is 1. The molecular weight excluding hydrogens is 388 g/mol. The van der Waals surface area contributed by atoms with Crippen molar-refractivity contribution in [2.75, 3.05) is 29.9 Å². The van der Waals surface area contributed by atoms with Gasteiger partial charge in [0, 0.05) is 24.7 Å². The van der Waals surface area contributed by atoms with Gasteiger partial charge < -0.3 is 15.0 Å². The molecule has 4 rings (SSSR count). The number of aromatic nitrogens is 2. The Morgan fingerprint density at radius 3 is 2.32 bits per heavy atom. The third-order valence-electron chi connectivity index (χ3n) is 5.81. The van der Waals surface area contributed by atoms with Gasteiger partial charge in [-0.25, -0.2) is 9.97 Å². The van der Waals surface area contributed by atoms with Gasteiger partial charge in [0.2, 0.25) is 5.91 Å². The van der Waals surface area contributed by atoms with Crippen LogP contribution in [0.4, 0.5) is 11.5 Å². The van der Waals surface area contributed by atoms with E-state index in [2.05, 4.69) is 41.2 Å². The van der Waals surface area contributed by atoms with E-state index in [4.69, 9.17) is 9.72 Å².